The standard InChI is InChI=1S/C50H36N2S/c1-31-24-27-41-45(28-31)52-44-22-12-9-20-38(44)47-48(52)43(30-39-37-19-10-13-23-46(37)53-49(39)47)50(41)40-21-11-8-18-35(40)36-26-25-34(29-42(36)50)51(32-14-4-2-5-15-32)33-16-6-3-7-17-33/h2-21,23,25-31,44H,22,24H2,1H3. The third kappa shape index (κ3) is 3.82. The summed E-state index contributed by atoms with van der Waals surface area (Å²) in [5.41, 5.74) is 17.0. The number of fused-ring (bicyclic) bond motifs is 16. The van der Waals surface area contributed by atoms with Gasteiger partial charge in [0, 0.05) is 48.5 Å². The van der Waals surface area contributed by atoms with E-state index in [0.717, 1.165) is 24.2 Å². The van der Waals surface area contributed by atoms with Gasteiger partial charge in [0.25, 0.3) is 0 Å². The van der Waals surface area contributed by atoms with Gasteiger partial charge >= 0.3 is 0 Å². The van der Waals surface area contributed by atoms with Crippen molar-refractivity contribution in [1.82, 2.24) is 0 Å². The molecule has 3 unspecified atom stereocenters. The third-order valence-corrected chi connectivity index (χ3v) is 13.6. The Balaban J connectivity index is 1.24. The van der Waals surface area contributed by atoms with Crippen LogP contribution in [0.4, 0.5) is 22.7 Å². The first-order valence-electron chi connectivity index (χ1n) is 18.9. The highest BCUT2D eigenvalue weighted by molar-refractivity contribution is 7.26. The maximum absolute atomic E-state index is 2.77. The van der Waals surface area contributed by atoms with Crippen LogP contribution in [0, 0.1) is 5.92 Å². The maximum atomic E-state index is 2.77. The topological polar surface area (TPSA) is 6.48 Å². The lowest BCUT2D eigenvalue weighted by Gasteiger charge is -2.49. The number of allylic oxidation sites excluding steroid dienone is 5. The first kappa shape index (κ1) is 29.7. The molecule has 1 aromatic heterocycles. The molecule has 2 aliphatic heterocycles. The molecular weight excluding hydrogens is 661 g/mol. The zero-order chi connectivity index (χ0) is 34.8. The summed E-state index contributed by atoms with van der Waals surface area (Å²) in [5, 5.41) is 2.74. The molecule has 0 radical (unpaired) electrons. The van der Waals surface area contributed by atoms with Gasteiger partial charge < -0.3 is 9.80 Å². The fourth-order valence-electron chi connectivity index (χ4n) is 10.3. The van der Waals surface area contributed by atoms with E-state index < -0.39 is 5.41 Å². The molecule has 0 bridgehead atoms. The monoisotopic (exact) mass is 696 g/mol. The van der Waals surface area contributed by atoms with Gasteiger partial charge in [-0.1, -0.05) is 122 Å². The molecule has 0 saturated heterocycles. The molecule has 0 N–H and O–H groups in total. The van der Waals surface area contributed by atoms with Crippen LogP contribution in [0.2, 0.25) is 0 Å². The maximum Gasteiger partial charge on any atom is 0.0751 e. The third-order valence-electron chi connectivity index (χ3n) is 12.4. The van der Waals surface area contributed by atoms with Crippen LogP contribution in [-0.2, 0) is 5.41 Å². The van der Waals surface area contributed by atoms with E-state index in [1.807, 2.05) is 11.3 Å². The van der Waals surface area contributed by atoms with Crippen LogP contribution in [0.5, 0.6) is 0 Å². The summed E-state index contributed by atoms with van der Waals surface area (Å²) in [6.07, 6.45) is 14.3. The Kier molecular flexibility index (Phi) is 6.05. The van der Waals surface area contributed by atoms with Crippen LogP contribution in [0.1, 0.15) is 42.0 Å². The van der Waals surface area contributed by atoms with Crippen molar-refractivity contribution in [2.24, 2.45) is 5.92 Å². The van der Waals surface area contributed by atoms with E-state index in [4.69, 9.17) is 0 Å². The quantitative estimate of drug-likeness (QED) is 0.181. The Morgan fingerprint density at radius 1 is 0.679 bits per heavy atom. The number of benzene rings is 6. The van der Waals surface area contributed by atoms with E-state index >= 15 is 0 Å². The highest BCUT2D eigenvalue weighted by Crippen LogP contribution is 2.68. The lowest BCUT2D eigenvalue weighted by atomic mass is 9.62. The van der Waals surface area contributed by atoms with Crippen LogP contribution in [0.3, 0.4) is 0 Å². The fourth-order valence-corrected chi connectivity index (χ4v) is 11.6. The Labute approximate surface area is 314 Å². The van der Waals surface area contributed by atoms with Crippen molar-refractivity contribution in [2.75, 3.05) is 9.80 Å². The van der Waals surface area contributed by atoms with Gasteiger partial charge in [0.1, 0.15) is 0 Å². The first-order valence-corrected chi connectivity index (χ1v) is 19.8. The van der Waals surface area contributed by atoms with Crippen molar-refractivity contribution < 1.29 is 0 Å². The minimum atomic E-state index is -0.480. The van der Waals surface area contributed by atoms with Crippen molar-refractivity contribution in [3.63, 3.8) is 0 Å². The molecule has 3 atom stereocenters. The minimum Gasteiger partial charge on any atom is -0.333 e. The van der Waals surface area contributed by atoms with E-state index in [0.29, 0.717) is 5.92 Å². The van der Waals surface area contributed by atoms with Crippen molar-refractivity contribution in [3.8, 4) is 11.1 Å². The van der Waals surface area contributed by atoms with E-state index in [1.54, 1.807) is 0 Å². The predicted octanol–water partition coefficient (Wildman–Crippen LogP) is 13.2. The summed E-state index contributed by atoms with van der Waals surface area (Å²) < 4.78 is 2.78. The summed E-state index contributed by atoms with van der Waals surface area (Å²) in [5.74, 6) is 0.463. The second-order valence-corrected chi connectivity index (χ2v) is 16.3. The molecule has 0 saturated carbocycles. The second kappa shape index (κ2) is 10.8. The summed E-state index contributed by atoms with van der Waals surface area (Å²) in [6.45, 7) is 2.39. The summed E-state index contributed by atoms with van der Waals surface area (Å²) in [6, 6.07) is 50.2. The van der Waals surface area contributed by atoms with Gasteiger partial charge in [-0.05, 0) is 106 Å². The van der Waals surface area contributed by atoms with Gasteiger partial charge in [-0.2, -0.15) is 0 Å². The van der Waals surface area contributed by atoms with Crippen molar-refractivity contribution in [2.45, 2.75) is 31.2 Å². The molecule has 12 rings (SSSR count). The van der Waals surface area contributed by atoms with Gasteiger partial charge in [-0.15, -0.1) is 11.3 Å². The number of para-hydroxylation sites is 2. The van der Waals surface area contributed by atoms with Gasteiger partial charge in [0.05, 0.1) is 17.1 Å². The van der Waals surface area contributed by atoms with Crippen LogP contribution >= 0.6 is 11.3 Å². The van der Waals surface area contributed by atoms with Crippen molar-refractivity contribution in [3.05, 3.63) is 197 Å². The highest BCUT2D eigenvalue weighted by atomic mass is 32.1. The Morgan fingerprint density at radius 2 is 1.42 bits per heavy atom. The highest BCUT2D eigenvalue weighted by Gasteiger charge is 2.57. The normalized spacial score (nSPS) is 21.5. The van der Waals surface area contributed by atoms with Crippen LogP contribution in [0.25, 0.3) is 36.9 Å². The number of hydrogen-bond acceptors (Lipinski definition) is 3. The van der Waals surface area contributed by atoms with Crippen LogP contribution in [-0.4, -0.2) is 6.04 Å². The van der Waals surface area contributed by atoms with Gasteiger partial charge in [0.15, 0.2) is 0 Å². The largest absolute Gasteiger partial charge is 0.333 e. The molecule has 1 spiro atoms. The molecular formula is C50H36N2S. The van der Waals surface area contributed by atoms with E-state index in [2.05, 4.69) is 181 Å². The summed E-state index contributed by atoms with van der Waals surface area (Å²) >= 11 is 1.97. The van der Waals surface area contributed by atoms with Gasteiger partial charge in [0.2, 0.25) is 0 Å². The molecule has 5 aliphatic rings. The molecule has 252 valence electrons. The summed E-state index contributed by atoms with van der Waals surface area (Å²) in [4.78, 5) is 5.19. The number of rotatable bonds is 3. The van der Waals surface area contributed by atoms with Crippen LogP contribution < -0.4 is 9.80 Å². The average Bonchev–Trinajstić information content (AvgIpc) is 3.85. The fraction of sp³-hybridized carbons (Fsp3) is 0.120. The Hall–Kier alpha value is -5.90. The summed E-state index contributed by atoms with van der Waals surface area (Å²) in [7, 11) is 0. The van der Waals surface area contributed by atoms with Gasteiger partial charge in [-0.25, -0.2) is 0 Å². The minimum absolute atomic E-state index is 0.288. The lowest BCUT2D eigenvalue weighted by molar-refractivity contribution is 0.632. The molecule has 3 aliphatic carbocycles. The molecule has 0 amide bonds. The van der Waals surface area contributed by atoms with Crippen molar-refractivity contribution >= 4 is 59.8 Å². The molecule has 7 aromatic rings. The smallest absolute Gasteiger partial charge is 0.0751 e. The number of anilines is 4. The molecule has 3 heteroatoms. The van der Waals surface area contributed by atoms with Crippen LogP contribution in [0.15, 0.2) is 175 Å². The molecule has 6 aromatic carbocycles. The molecule has 0 fully saturated rings. The first-order chi connectivity index (χ1) is 26.2. The SMILES string of the molecule is CC1C=C2C(=CC1)C1(c3ccccc3-c3ccc(N(c4ccccc4)c4ccccc4)cc31)c1cc3c(sc4ccccc43)c3c1N2C1CC=CC=C31. The zero-order valence-corrected chi connectivity index (χ0v) is 30.3. The predicted molar refractivity (Wildman–Crippen MR) is 224 cm³/mol. The second-order valence-electron chi connectivity index (χ2n) is 15.2. The number of hydrogen-bond donors (Lipinski definition) is 0. The van der Waals surface area contributed by atoms with E-state index in [9.17, 15) is 0 Å². The van der Waals surface area contributed by atoms with Crippen molar-refractivity contribution in [1.29, 1.82) is 0 Å². The lowest BCUT2D eigenvalue weighted by Crippen LogP contribution is -2.44. The average molecular weight is 697 g/mol. The Morgan fingerprint density at radius 3 is 2.25 bits per heavy atom. The zero-order valence-electron chi connectivity index (χ0n) is 29.5. The van der Waals surface area contributed by atoms with E-state index in [-0.39, 0.29) is 6.04 Å². The Bertz CT molecular complexity index is 2780. The molecule has 53 heavy (non-hydrogen) atoms. The number of nitrogens with zero attached hydrogens (tertiary/aromatic N) is 2. The van der Waals surface area contributed by atoms with Gasteiger partial charge in [-0.3, -0.25) is 0 Å². The number of thiophene rings is 1. The molecule has 3 heterocycles. The molecule has 2 nitrogen and oxygen atoms in total. The van der Waals surface area contributed by atoms with E-state index in [1.165, 1.54) is 81.8 Å².